The van der Waals surface area contributed by atoms with Crippen LogP contribution in [-0.4, -0.2) is 16.9 Å². The first kappa shape index (κ1) is 12.6. The van der Waals surface area contributed by atoms with E-state index in [1.165, 1.54) is 11.3 Å². The highest BCUT2D eigenvalue weighted by Gasteiger charge is 2.18. The van der Waals surface area contributed by atoms with Gasteiger partial charge in [-0.05, 0) is 13.8 Å². The van der Waals surface area contributed by atoms with Crippen LogP contribution in [0.25, 0.3) is 11.3 Å². The smallest absolute Gasteiger partial charge is 0.263 e. The molecule has 1 amide bonds. The summed E-state index contributed by atoms with van der Waals surface area (Å²) in [6.07, 6.45) is 0. The summed E-state index contributed by atoms with van der Waals surface area (Å²) in [7, 11) is 0. The van der Waals surface area contributed by atoms with Gasteiger partial charge < -0.3 is 11.1 Å². The highest BCUT2D eigenvalue weighted by molar-refractivity contribution is 7.17. The van der Waals surface area contributed by atoms with Crippen LogP contribution in [0.3, 0.4) is 0 Å². The third-order valence-corrected chi connectivity index (χ3v) is 3.20. The first-order valence-electron chi connectivity index (χ1n) is 5.70. The molecule has 0 fully saturated rings. The summed E-state index contributed by atoms with van der Waals surface area (Å²) in [5.41, 5.74) is 7.26. The van der Waals surface area contributed by atoms with Crippen molar-refractivity contribution in [2.24, 2.45) is 0 Å². The molecule has 0 saturated carbocycles. The highest BCUT2D eigenvalue weighted by Crippen LogP contribution is 2.29. The van der Waals surface area contributed by atoms with Gasteiger partial charge in [-0.2, -0.15) is 0 Å². The van der Waals surface area contributed by atoms with Gasteiger partial charge in [-0.25, -0.2) is 4.98 Å². The maximum Gasteiger partial charge on any atom is 0.263 e. The summed E-state index contributed by atoms with van der Waals surface area (Å²) < 4.78 is 0. The Morgan fingerprint density at radius 2 is 2.00 bits per heavy atom. The van der Waals surface area contributed by atoms with Crippen LogP contribution in [0.5, 0.6) is 0 Å². The molecule has 0 atom stereocenters. The Morgan fingerprint density at radius 1 is 1.33 bits per heavy atom. The van der Waals surface area contributed by atoms with Crippen molar-refractivity contribution in [1.29, 1.82) is 0 Å². The van der Waals surface area contributed by atoms with E-state index < -0.39 is 0 Å². The van der Waals surface area contributed by atoms with E-state index >= 15 is 0 Å². The van der Waals surface area contributed by atoms with Gasteiger partial charge in [0.1, 0.15) is 4.88 Å². The van der Waals surface area contributed by atoms with Crippen molar-refractivity contribution in [3.8, 4) is 11.3 Å². The fourth-order valence-electron chi connectivity index (χ4n) is 1.61. The quantitative estimate of drug-likeness (QED) is 0.892. The van der Waals surface area contributed by atoms with E-state index in [2.05, 4.69) is 10.3 Å². The molecule has 0 aliphatic heterocycles. The number of amides is 1. The maximum atomic E-state index is 12.1. The van der Waals surface area contributed by atoms with Crippen molar-refractivity contribution >= 4 is 22.4 Å². The molecule has 3 N–H and O–H groups in total. The lowest BCUT2D eigenvalue weighted by molar-refractivity contribution is 0.0947. The van der Waals surface area contributed by atoms with Gasteiger partial charge in [-0.3, -0.25) is 4.79 Å². The van der Waals surface area contributed by atoms with Crippen molar-refractivity contribution in [2.75, 3.05) is 5.73 Å². The standard InChI is InChI=1S/C13H15N3OS/c1-8(2)15-12(17)11-10(16-13(14)18-11)9-6-4-3-5-7-9/h3-8H,1-2H3,(H2,14,16)(H,15,17). The average Bonchev–Trinajstić information content (AvgIpc) is 2.72. The van der Waals surface area contributed by atoms with Gasteiger partial charge in [-0.15, -0.1) is 0 Å². The molecule has 0 saturated heterocycles. The summed E-state index contributed by atoms with van der Waals surface area (Å²) in [6.45, 7) is 3.84. The first-order valence-corrected chi connectivity index (χ1v) is 6.52. The van der Waals surface area contributed by atoms with E-state index in [1.807, 2.05) is 44.2 Å². The van der Waals surface area contributed by atoms with Crippen LogP contribution in [0.4, 0.5) is 5.13 Å². The van der Waals surface area contributed by atoms with Crippen molar-refractivity contribution in [3.05, 3.63) is 35.2 Å². The summed E-state index contributed by atoms with van der Waals surface area (Å²) in [6, 6.07) is 9.67. The van der Waals surface area contributed by atoms with E-state index in [0.717, 1.165) is 5.56 Å². The van der Waals surface area contributed by atoms with E-state index in [4.69, 9.17) is 5.73 Å². The summed E-state index contributed by atoms with van der Waals surface area (Å²) >= 11 is 1.21. The van der Waals surface area contributed by atoms with Gasteiger partial charge in [0, 0.05) is 11.6 Å². The molecule has 1 aromatic carbocycles. The topological polar surface area (TPSA) is 68.0 Å². The van der Waals surface area contributed by atoms with Gasteiger partial charge >= 0.3 is 0 Å². The number of benzene rings is 1. The average molecular weight is 261 g/mol. The molecule has 94 valence electrons. The number of nitrogens with two attached hydrogens (primary N) is 1. The van der Waals surface area contributed by atoms with Gasteiger partial charge in [0.25, 0.3) is 5.91 Å². The fourth-order valence-corrected chi connectivity index (χ4v) is 2.37. The van der Waals surface area contributed by atoms with Crippen molar-refractivity contribution in [3.63, 3.8) is 0 Å². The lowest BCUT2D eigenvalue weighted by Crippen LogP contribution is -2.29. The third-order valence-electron chi connectivity index (χ3n) is 2.32. The molecule has 0 bridgehead atoms. The molecule has 5 heteroatoms. The van der Waals surface area contributed by atoms with Crippen LogP contribution in [-0.2, 0) is 0 Å². The zero-order chi connectivity index (χ0) is 13.1. The lowest BCUT2D eigenvalue weighted by Gasteiger charge is -2.07. The molecule has 1 aromatic heterocycles. The number of nitrogen functional groups attached to an aromatic ring is 1. The van der Waals surface area contributed by atoms with Crippen LogP contribution in [0, 0.1) is 0 Å². The second-order valence-electron chi connectivity index (χ2n) is 4.22. The Bertz CT molecular complexity index is 549. The Labute approximate surface area is 110 Å². The number of rotatable bonds is 3. The number of nitrogens with one attached hydrogen (secondary N) is 1. The lowest BCUT2D eigenvalue weighted by atomic mass is 10.1. The number of thiazole rings is 1. The zero-order valence-corrected chi connectivity index (χ0v) is 11.1. The van der Waals surface area contributed by atoms with E-state index in [9.17, 15) is 4.79 Å². The first-order chi connectivity index (χ1) is 8.58. The van der Waals surface area contributed by atoms with Crippen molar-refractivity contribution in [2.45, 2.75) is 19.9 Å². The molecule has 0 unspecified atom stereocenters. The molecule has 4 nitrogen and oxygen atoms in total. The van der Waals surface area contributed by atoms with Crippen molar-refractivity contribution in [1.82, 2.24) is 10.3 Å². The molecule has 2 aromatic rings. The number of hydrogen-bond donors (Lipinski definition) is 2. The van der Waals surface area contributed by atoms with Crippen LogP contribution < -0.4 is 11.1 Å². The van der Waals surface area contributed by atoms with Crippen LogP contribution in [0.2, 0.25) is 0 Å². The number of nitrogens with zero attached hydrogens (tertiary/aromatic N) is 1. The largest absolute Gasteiger partial charge is 0.375 e. The van der Waals surface area contributed by atoms with Crippen molar-refractivity contribution < 1.29 is 4.79 Å². The SMILES string of the molecule is CC(C)NC(=O)c1sc(N)nc1-c1ccccc1. The van der Waals surface area contributed by atoms with Crippen LogP contribution in [0.1, 0.15) is 23.5 Å². The molecular formula is C13H15N3OS. The minimum atomic E-state index is -0.127. The predicted octanol–water partition coefficient (Wildman–Crippen LogP) is 2.53. The Kier molecular flexibility index (Phi) is 3.62. The van der Waals surface area contributed by atoms with Gasteiger partial charge in [-0.1, -0.05) is 41.7 Å². The Balaban J connectivity index is 2.40. The van der Waals surface area contributed by atoms with Gasteiger partial charge in [0.15, 0.2) is 5.13 Å². The number of carbonyl (C=O) groups is 1. The van der Waals surface area contributed by atoms with Gasteiger partial charge in [0.05, 0.1) is 5.69 Å². The van der Waals surface area contributed by atoms with Crippen LogP contribution >= 0.6 is 11.3 Å². The molecule has 18 heavy (non-hydrogen) atoms. The minimum absolute atomic E-state index is 0.0875. The Hall–Kier alpha value is -1.88. The zero-order valence-electron chi connectivity index (χ0n) is 10.3. The Morgan fingerprint density at radius 3 is 2.61 bits per heavy atom. The molecule has 0 spiro atoms. The molecule has 0 aliphatic carbocycles. The molecule has 0 aliphatic rings. The molecule has 0 radical (unpaired) electrons. The third kappa shape index (κ3) is 2.68. The number of hydrogen-bond acceptors (Lipinski definition) is 4. The molecule has 1 heterocycles. The number of aromatic nitrogens is 1. The number of carbonyl (C=O) groups excluding carboxylic acids is 1. The second-order valence-corrected chi connectivity index (χ2v) is 5.25. The minimum Gasteiger partial charge on any atom is -0.375 e. The van der Waals surface area contributed by atoms with E-state index in [-0.39, 0.29) is 11.9 Å². The summed E-state index contributed by atoms with van der Waals surface area (Å²) in [5.74, 6) is -0.127. The monoisotopic (exact) mass is 261 g/mol. The van der Waals surface area contributed by atoms with Gasteiger partial charge in [0.2, 0.25) is 0 Å². The van der Waals surface area contributed by atoms with E-state index in [1.54, 1.807) is 0 Å². The van der Waals surface area contributed by atoms with E-state index in [0.29, 0.717) is 15.7 Å². The van der Waals surface area contributed by atoms with Crippen LogP contribution in [0.15, 0.2) is 30.3 Å². The summed E-state index contributed by atoms with van der Waals surface area (Å²) in [5, 5.41) is 3.26. The molecule has 2 rings (SSSR count). The predicted molar refractivity (Wildman–Crippen MR) is 74.6 cm³/mol. The second kappa shape index (κ2) is 5.18. The summed E-state index contributed by atoms with van der Waals surface area (Å²) in [4.78, 5) is 16.9. The highest BCUT2D eigenvalue weighted by atomic mass is 32.1. The fraction of sp³-hybridized carbons (Fsp3) is 0.231. The molecular weight excluding hydrogens is 246 g/mol. The normalized spacial score (nSPS) is 10.6. The number of anilines is 1. The maximum absolute atomic E-state index is 12.1.